The van der Waals surface area contributed by atoms with Crippen LogP contribution in [0.25, 0.3) is 0 Å². The van der Waals surface area contributed by atoms with Gasteiger partial charge < -0.3 is 14.4 Å². The van der Waals surface area contributed by atoms with Crippen LogP contribution in [0.4, 0.5) is 6.01 Å². The maximum absolute atomic E-state index is 8.97. The second-order valence-corrected chi connectivity index (χ2v) is 2.69. The molecule has 1 saturated heterocycles. The molecule has 62 valence electrons. The molecular formula is C7H7N3O2. The van der Waals surface area contributed by atoms with Crippen molar-refractivity contribution < 1.29 is 9.52 Å². The second-order valence-electron chi connectivity index (χ2n) is 2.69. The summed E-state index contributed by atoms with van der Waals surface area (Å²) in [7, 11) is 0. The number of aliphatic hydroxyl groups excluding tert-OH is 1. The molecule has 0 saturated carbocycles. The zero-order chi connectivity index (χ0) is 8.55. The summed E-state index contributed by atoms with van der Waals surface area (Å²) in [4.78, 5) is 5.64. The SMILES string of the molecule is N#Cc1coc(N2CC(O)C2)n1. The molecule has 1 aromatic rings. The lowest BCUT2D eigenvalue weighted by molar-refractivity contribution is 0.137. The molecule has 2 heterocycles. The summed E-state index contributed by atoms with van der Waals surface area (Å²) < 4.78 is 4.99. The summed E-state index contributed by atoms with van der Waals surface area (Å²) in [5.41, 5.74) is 0.270. The van der Waals surface area contributed by atoms with E-state index in [2.05, 4.69) is 4.98 Å². The molecule has 0 aromatic carbocycles. The average molecular weight is 165 g/mol. The van der Waals surface area contributed by atoms with E-state index in [0.717, 1.165) is 0 Å². The first-order valence-corrected chi connectivity index (χ1v) is 3.58. The summed E-state index contributed by atoms with van der Waals surface area (Å²) in [6.45, 7) is 1.07. The lowest BCUT2D eigenvalue weighted by atomic mass is 10.2. The van der Waals surface area contributed by atoms with E-state index >= 15 is 0 Å². The van der Waals surface area contributed by atoms with Gasteiger partial charge in [-0.05, 0) is 0 Å². The lowest BCUT2D eigenvalue weighted by Crippen LogP contribution is -2.51. The summed E-state index contributed by atoms with van der Waals surface area (Å²) in [5.74, 6) is 0. The third-order valence-corrected chi connectivity index (χ3v) is 1.74. The first-order chi connectivity index (χ1) is 5.79. The Morgan fingerprint density at radius 2 is 2.50 bits per heavy atom. The monoisotopic (exact) mass is 165 g/mol. The van der Waals surface area contributed by atoms with E-state index in [1.165, 1.54) is 6.26 Å². The number of rotatable bonds is 1. The van der Waals surface area contributed by atoms with Crippen LogP contribution in [0.15, 0.2) is 10.7 Å². The second kappa shape index (κ2) is 2.50. The van der Waals surface area contributed by atoms with Crippen molar-refractivity contribution in [3.63, 3.8) is 0 Å². The lowest BCUT2D eigenvalue weighted by Gasteiger charge is -2.34. The fraction of sp³-hybridized carbons (Fsp3) is 0.429. The highest BCUT2D eigenvalue weighted by Crippen LogP contribution is 2.19. The molecule has 1 aliphatic rings. The fourth-order valence-electron chi connectivity index (χ4n) is 1.07. The van der Waals surface area contributed by atoms with Crippen molar-refractivity contribution >= 4 is 6.01 Å². The van der Waals surface area contributed by atoms with E-state index < -0.39 is 0 Å². The highest BCUT2D eigenvalue weighted by molar-refractivity contribution is 5.34. The zero-order valence-electron chi connectivity index (χ0n) is 6.27. The van der Waals surface area contributed by atoms with Crippen molar-refractivity contribution in [2.75, 3.05) is 18.0 Å². The van der Waals surface area contributed by atoms with Gasteiger partial charge in [0.15, 0.2) is 5.69 Å². The van der Waals surface area contributed by atoms with Gasteiger partial charge in [-0.3, -0.25) is 0 Å². The number of anilines is 1. The fourth-order valence-corrected chi connectivity index (χ4v) is 1.07. The van der Waals surface area contributed by atoms with Crippen molar-refractivity contribution in [3.8, 4) is 6.07 Å². The normalized spacial score (nSPS) is 17.2. The van der Waals surface area contributed by atoms with Gasteiger partial charge in [0, 0.05) is 0 Å². The predicted molar refractivity (Wildman–Crippen MR) is 39.4 cm³/mol. The van der Waals surface area contributed by atoms with E-state index in [-0.39, 0.29) is 11.8 Å². The standard InChI is InChI=1S/C7H7N3O2/c8-1-5-4-12-7(9-5)10-2-6(11)3-10/h4,6,11H,2-3H2. The number of nitriles is 1. The van der Waals surface area contributed by atoms with Crippen LogP contribution in [-0.4, -0.2) is 29.3 Å². The Bertz CT molecular complexity index is 322. The largest absolute Gasteiger partial charge is 0.431 e. The van der Waals surface area contributed by atoms with E-state index in [1.54, 1.807) is 4.90 Å². The molecule has 1 fully saturated rings. The van der Waals surface area contributed by atoms with Crippen LogP contribution in [0.1, 0.15) is 5.69 Å². The minimum atomic E-state index is -0.289. The van der Waals surface area contributed by atoms with Crippen molar-refractivity contribution in [3.05, 3.63) is 12.0 Å². The van der Waals surface area contributed by atoms with Gasteiger partial charge in [0.2, 0.25) is 0 Å². The highest BCUT2D eigenvalue weighted by atomic mass is 16.4. The molecule has 0 atom stereocenters. The Hall–Kier alpha value is -1.54. The van der Waals surface area contributed by atoms with Crippen molar-refractivity contribution in [1.82, 2.24) is 4.98 Å². The Balaban J connectivity index is 2.10. The number of aromatic nitrogens is 1. The van der Waals surface area contributed by atoms with Crippen LogP contribution in [0.3, 0.4) is 0 Å². The van der Waals surface area contributed by atoms with Crippen molar-refractivity contribution in [2.45, 2.75) is 6.10 Å². The van der Waals surface area contributed by atoms with Crippen LogP contribution >= 0.6 is 0 Å². The third kappa shape index (κ3) is 1.02. The molecule has 1 aromatic heterocycles. The molecule has 0 spiro atoms. The number of hydrogen-bond acceptors (Lipinski definition) is 5. The molecule has 0 unspecified atom stereocenters. The number of β-amino-alcohol motifs (C(OH)–C–C–N with tert-alkyl or cyclic N) is 1. The van der Waals surface area contributed by atoms with E-state index in [4.69, 9.17) is 14.8 Å². The first kappa shape index (κ1) is 7.13. The summed E-state index contributed by atoms with van der Waals surface area (Å²) in [5, 5.41) is 17.4. The number of nitrogens with zero attached hydrogens (tertiary/aromatic N) is 3. The molecule has 0 amide bonds. The molecule has 1 aliphatic heterocycles. The number of aliphatic hydroxyl groups is 1. The number of oxazole rings is 1. The van der Waals surface area contributed by atoms with Gasteiger partial charge in [-0.25, -0.2) is 0 Å². The van der Waals surface area contributed by atoms with Gasteiger partial charge in [-0.15, -0.1) is 0 Å². The maximum atomic E-state index is 8.97. The molecule has 0 bridgehead atoms. The quantitative estimate of drug-likeness (QED) is 0.619. The van der Waals surface area contributed by atoms with Crippen LogP contribution in [0.5, 0.6) is 0 Å². The van der Waals surface area contributed by atoms with E-state index in [0.29, 0.717) is 19.1 Å². The summed E-state index contributed by atoms with van der Waals surface area (Å²) in [6.07, 6.45) is 1.02. The number of hydrogen-bond donors (Lipinski definition) is 1. The Morgan fingerprint density at radius 3 is 3.00 bits per heavy atom. The van der Waals surface area contributed by atoms with E-state index in [1.807, 2.05) is 6.07 Å². The summed E-state index contributed by atoms with van der Waals surface area (Å²) in [6, 6.07) is 2.28. The smallest absolute Gasteiger partial charge is 0.298 e. The van der Waals surface area contributed by atoms with Gasteiger partial charge in [-0.1, -0.05) is 0 Å². The maximum Gasteiger partial charge on any atom is 0.298 e. The molecule has 2 rings (SSSR count). The molecule has 1 N–H and O–H groups in total. The molecule has 5 heteroatoms. The highest BCUT2D eigenvalue weighted by Gasteiger charge is 2.27. The van der Waals surface area contributed by atoms with Gasteiger partial charge in [-0.2, -0.15) is 10.2 Å². The molecule has 0 aliphatic carbocycles. The van der Waals surface area contributed by atoms with Gasteiger partial charge in [0.05, 0.1) is 19.2 Å². The van der Waals surface area contributed by atoms with Crippen molar-refractivity contribution in [1.29, 1.82) is 5.26 Å². The predicted octanol–water partition coefficient (Wildman–Crippen LogP) is -0.273. The minimum absolute atomic E-state index is 0.270. The molecule has 12 heavy (non-hydrogen) atoms. The third-order valence-electron chi connectivity index (χ3n) is 1.74. The average Bonchev–Trinajstić information content (AvgIpc) is 2.46. The topological polar surface area (TPSA) is 73.3 Å². The van der Waals surface area contributed by atoms with Crippen LogP contribution in [-0.2, 0) is 0 Å². The van der Waals surface area contributed by atoms with E-state index in [9.17, 15) is 0 Å². The van der Waals surface area contributed by atoms with Gasteiger partial charge in [0.25, 0.3) is 6.01 Å². The van der Waals surface area contributed by atoms with Gasteiger partial charge >= 0.3 is 0 Å². The Labute approximate surface area is 68.8 Å². The first-order valence-electron chi connectivity index (χ1n) is 3.58. The van der Waals surface area contributed by atoms with Crippen LogP contribution < -0.4 is 4.90 Å². The molecular weight excluding hydrogens is 158 g/mol. The zero-order valence-corrected chi connectivity index (χ0v) is 6.27. The van der Waals surface area contributed by atoms with Crippen molar-refractivity contribution in [2.24, 2.45) is 0 Å². The summed E-state index contributed by atoms with van der Waals surface area (Å²) >= 11 is 0. The van der Waals surface area contributed by atoms with Crippen LogP contribution in [0.2, 0.25) is 0 Å². The Morgan fingerprint density at radius 1 is 1.75 bits per heavy atom. The molecule has 0 radical (unpaired) electrons. The van der Waals surface area contributed by atoms with Crippen LogP contribution in [0, 0.1) is 11.3 Å². The molecule has 5 nitrogen and oxygen atoms in total. The minimum Gasteiger partial charge on any atom is -0.431 e. The Kier molecular flexibility index (Phi) is 1.48. The van der Waals surface area contributed by atoms with Gasteiger partial charge in [0.1, 0.15) is 12.3 Å².